The van der Waals surface area contributed by atoms with Crippen molar-refractivity contribution >= 4 is 39.7 Å². The van der Waals surface area contributed by atoms with Crippen LogP contribution in [0.1, 0.15) is 79.6 Å². The molecule has 0 saturated carbocycles. The van der Waals surface area contributed by atoms with Gasteiger partial charge in [-0.3, -0.25) is 19.7 Å². The second kappa shape index (κ2) is 10.3. The molecule has 3 aromatic heterocycles. The number of likely N-dealkylation sites (N-methyl/N-ethyl adjacent to an activating group) is 1. The Morgan fingerprint density at radius 2 is 1.95 bits per heavy atom. The van der Waals surface area contributed by atoms with Gasteiger partial charge in [0.2, 0.25) is 0 Å². The van der Waals surface area contributed by atoms with Crippen molar-refractivity contribution in [1.82, 2.24) is 24.2 Å². The monoisotopic (exact) mass is 542 g/mol. The highest BCUT2D eigenvalue weighted by Crippen LogP contribution is 2.34. The van der Waals surface area contributed by atoms with E-state index in [2.05, 4.69) is 27.2 Å². The third-order valence-electron chi connectivity index (χ3n) is 7.50. The third-order valence-corrected chi connectivity index (χ3v) is 8.50. The fraction of sp³-hybridized carbons (Fsp3) is 0.345. The summed E-state index contributed by atoms with van der Waals surface area (Å²) in [6.07, 6.45) is 6.41. The molecule has 1 atom stereocenters. The van der Waals surface area contributed by atoms with Crippen LogP contribution in [0.25, 0.3) is 5.65 Å². The number of rotatable bonds is 6. The maximum atomic E-state index is 13.5. The van der Waals surface area contributed by atoms with Crippen LogP contribution in [0, 0.1) is 0 Å². The predicted molar refractivity (Wildman–Crippen MR) is 149 cm³/mol. The molecular weight excluding hydrogens is 512 g/mol. The number of hydrogen-bond donors (Lipinski definition) is 1. The van der Waals surface area contributed by atoms with E-state index in [1.54, 1.807) is 35.0 Å². The molecule has 2 aliphatic rings. The molecule has 2 amide bonds. The quantitative estimate of drug-likeness (QED) is 0.358. The van der Waals surface area contributed by atoms with Crippen LogP contribution in [0.15, 0.2) is 48.8 Å². The molecule has 1 unspecified atom stereocenters. The lowest BCUT2D eigenvalue weighted by Gasteiger charge is -2.24. The fourth-order valence-electron chi connectivity index (χ4n) is 5.40. The second-order valence-corrected chi connectivity index (χ2v) is 11.3. The molecule has 0 bridgehead atoms. The van der Waals surface area contributed by atoms with Crippen molar-refractivity contribution in [1.29, 1.82) is 0 Å². The van der Waals surface area contributed by atoms with Crippen LogP contribution in [-0.2, 0) is 13.0 Å². The number of amides is 2. The van der Waals surface area contributed by atoms with E-state index in [0.717, 1.165) is 43.6 Å². The summed E-state index contributed by atoms with van der Waals surface area (Å²) < 4.78 is 1.74. The maximum Gasteiger partial charge on any atom is 0.274 e. The average molecular weight is 543 g/mol. The molecule has 5 heterocycles. The number of nitrogens with zero attached hydrogens (tertiary/aromatic N) is 5. The fourth-order valence-corrected chi connectivity index (χ4v) is 6.48. The number of fused-ring (bicyclic) bond motifs is 2. The minimum absolute atomic E-state index is 0.0454. The first-order valence-corrected chi connectivity index (χ1v) is 14.1. The van der Waals surface area contributed by atoms with Crippen LogP contribution in [0.4, 0.5) is 5.13 Å². The number of anilines is 1. The molecule has 2 aliphatic heterocycles. The minimum atomic E-state index is -0.204. The molecule has 10 heteroatoms. The molecule has 1 saturated heterocycles. The molecule has 0 spiro atoms. The molecule has 1 fully saturated rings. The number of pyridine rings is 1. The summed E-state index contributed by atoms with van der Waals surface area (Å²) in [6, 6.07) is 10.9. The third kappa shape index (κ3) is 4.97. The molecule has 1 aromatic carbocycles. The summed E-state index contributed by atoms with van der Waals surface area (Å²) in [4.78, 5) is 53.2. The van der Waals surface area contributed by atoms with Crippen LogP contribution in [-0.4, -0.2) is 61.9 Å². The summed E-state index contributed by atoms with van der Waals surface area (Å²) >= 11 is 1.53. The van der Waals surface area contributed by atoms with Crippen molar-refractivity contribution in [2.45, 2.75) is 45.2 Å². The first-order chi connectivity index (χ1) is 18.9. The largest absolute Gasteiger partial charge is 0.330 e. The van der Waals surface area contributed by atoms with Gasteiger partial charge in [-0.05, 0) is 49.7 Å². The Morgan fingerprint density at radius 1 is 1.08 bits per heavy atom. The van der Waals surface area contributed by atoms with Gasteiger partial charge >= 0.3 is 0 Å². The van der Waals surface area contributed by atoms with Crippen molar-refractivity contribution in [3.63, 3.8) is 0 Å². The van der Waals surface area contributed by atoms with E-state index >= 15 is 0 Å². The molecule has 4 aromatic rings. The van der Waals surface area contributed by atoms with Crippen LogP contribution < -0.4 is 5.32 Å². The summed E-state index contributed by atoms with van der Waals surface area (Å²) in [6.45, 7) is 4.27. The first-order valence-electron chi connectivity index (χ1n) is 13.3. The Morgan fingerprint density at radius 3 is 2.79 bits per heavy atom. The van der Waals surface area contributed by atoms with Gasteiger partial charge in [0.15, 0.2) is 10.9 Å². The standard InChI is InChI=1S/C29H30N6O3S/c1-3-24(36)20-9-10-26-30-22(16-34(26)15-20)28(38)35-12-5-8-23(35)18-6-4-7-19(14-18)27(37)32-29-31-21-11-13-33(2)17-25(21)39-29/h4,6-7,9-10,14-16,23H,3,5,8,11-13,17H2,1-2H3,(H,31,32,37). The Hall–Kier alpha value is -3.89. The molecule has 39 heavy (non-hydrogen) atoms. The number of carbonyl (C=O) groups excluding carboxylic acids is 3. The highest BCUT2D eigenvalue weighted by molar-refractivity contribution is 7.15. The lowest BCUT2D eigenvalue weighted by molar-refractivity contribution is 0.0730. The predicted octanol–water partition coefficient (Wildman–Crippen LogP) is 4.60. The highest BCUT2D eigenvalue weighted by atomic mass is 32.1. The van der Waals surface area contributed by atoms with E-state index in [1.165, 1.54) is 16.2 Å². The topological polar surface area (TPSA) is 99.9 Å². The highest BCUT2D eigenvalue weighted by Gasteiger charge is 2.32. The second-order valence-electron chi connectivity index (χ2n) is 10.2. The van der Waals surface area contributed by atoms with Crippen molar-refractivity contribution in [3.05, 3.63) is 81.7 Å². The molecule has 1 N–H and O–H groups in total. The zero-order valence-electron chi connectivity index (χ0n) is 22.0. The summed E-state index contributed by atoms with van der Waals surface area (Å²) in [5, 5.41) is 3.60. The summed E-state index contributed by atoms with van der Waals surface area (Å²) in [5.41, 5.74) is 4.10. The van der Waals surface area contributed by atoms with E-state index in [4.69, 9.17) is 0 Å². The van der Waals surface area contributed by atoms with Crippen LogP contribution in [0.5, 0.6) is 0 Å². The van der Waals surface area contributed by atoms with E-state index in [-0.39, 0.29) is 23.6 Å². The molecule has 6 rings (SSSR count). The van der Waals surface area contributed by atoms with Gasteiger partial charge in [0.1, 0.15) is 11.3 Å². The van der Waals surface area contributed by atoms with Crippen molar-refractivity contribution < 1.29 is 14.4 Å². The number of aromatic nitrogens is 3. The zero-order valence-corrected chi connectivity index (χ0v) is 22.8. The number of benzene rings is 1. The molecule has 9 nitrogen and oxygen atoms in total. The molecule has 0 aliphatic carbocycles. The van der Waals surface area contributed by atoms with E-state index in [1.807, 2.05) is 30.0 Å². The molecule has 0 radical (unpaired) electrons. The SMILES string of the molecule is CCC(=O)c1ccc2nc(C(=O)N3CCCC3c3cccc(C(=O)Nc4nc5c(s4)CN(C)CC5)c3)cn2c1. The Balaban J connectivity index is 1.20. The van der Waals surface area contributed by atoms with Gasteiger partial charge in [-0.25, -0.2) is 9.97 Å². The van der Waals surface area contributed by atoms with Crippen LogP contribution in [0.2, 0.25) is 0 Å². The minimum Gasteiger partial charge on any atom is -0.330 e. The number of ketones is 1. The normalized spacial score (nSPS) is 17.4. The average Bonchev–Trinajstić information content (AvgIpc) is 3.69. The van der Waals surface area contributed by atoms with Gasteiger partial charge < -0.3 is 14.2 Å². The Kier molecular flexibility index (Phi) is 6.74. The van der Waals surface area contributed by atoms with Gasteiger partial charge in [-0.15, -0.1) is 11.3 Å². The Labute approximate surface area is 230 Å². The maximum absolute atomic E-state index is 13.5. The number of imidazole rings is 1. The van der Waals surface area contributed by atoms with Gasteiger partial charge in [-0.2, -0.15) is 0 Å². The van der Waals surface area contributed by atoms with E-state index in [0.29, 0.717) is 40.6 Å². The van der Waals surface area contributed by atoms with Crippen LogP contribution in [0.3, 0.4) is 0 Å². The number of hydrogen-bond acceptors (Lipinski definition) is 7. The molecular formula is C29H30N6O3S. The lowest BCUT2D eigenvalue weighted by Crippen LogP contribution is -2.31. The summed E-state index contributed by atoms with van der Waals surface area (Å²) in [7, 11) is 2.09. The molecule has 200 valence electrons. The number of thiazole rings is 1. The van der Waals surface area contributed by atoms with E-state index < -0.39 is 0 Å². The summed E-state index contributed by atoms with van der Waals surface area (Å²) in [5.74, 6) is -0.313. The first kappa shape index (κ1) is 25.4. The lowest BCUT2D eigenvalue weighted by atomic mass is 10.0. The zero-order chi connectivity index (χ0) is 27.1. The van der Waals surface area contributed by atoms with Crippen molar-refractivity contribution in [2.24, 2.45) is 0 Å². The van der Waals surface area contributed by atoms with Crippen LogP contribution >= 0.6 is 11.3 Å². The number of nitrogens with one attached hydrogen (secondary N) is 1. The number of likely N-dealkylation sites (tertiary alicyclic amines) is 1. The smallest absolute Gasteiger partial charge is 0.274 e. The van der Waals surface area contributed by atoms with Gasteiger partial charge in [0.25, 0.3) is 11.8 Å². The van der Waals surface area contributed by atoms with Crippen molar-refractivity contribution in [2.75, 3.05) is 25.5 Å². The Bertz CT molecular complexity index is 1590. The van der Waals surface area contributed by atoms with Gasteiger partial charge in [-0.1, -0.05) is 19.1 Å². The van der Waals surface area contributed by atoms with E-state index in [9.17, 15) is 14.4 Å². The van der Waals surface area contributed by atoms with Crippen molar-refractivity contribution in [3.8, 4) is 0 Å². The number of Topliss-reactive ketones (excluding diaryl/α,β-unsaturated/α-hetero) is 1. The van der Waals surface area contributed by atoms with Gasteiger partial charge in [0.05, 0.1) is 11.7 Å². The van der Waals surface area contributed by atoms with Gasteiger partial charge in [0, 0.05) is 60.9 Å². The number of carbonyl (C=O) groups is 3.